The van der Waals surface area contributed by atoms with Crippen molar-refractivity contribution in [2.24, 2.45) is 5.92 Å². The molecule has 4 heteroatoms. The maximum Gasteiger partial charge on any atom is 0.219 e. The first-order chi connectivity index (χ1) is 12.1. The van der Waals surface area contributed by atoms with Crippen LogP contribution in [0.1, 0.15) is 69.0 Å². The van der Waals surface area contributed by atoms with Gasteiger partial charge in [-0.05, 0) is 76.0 Å². The number of pyridine rings is 1. The van der Waals surface area contributed by atoms with Gasteiger partial charge in [0.05, 0.1) is 0 Å². The van der Waals surface area contributed by atoms with Gasteiger partial charge in [-0.15, -0.1) is 0 Å². The number of carbonyl (C=O) groups excluding carboxylic acids is 1. The molecule has 0 atom stereocenters. The number of likely N-dealkylation sites (tertiary alicyclic amines) is 1. The molecule has 0 radical (unpaired) electrons. The molecule has 3 rings (SSSR count). The molecule has 1 aromatic rings. The summed E-state index contributed by atoms with van der Waals surface area (Å²) >= 11 is 0. The summed E-state index contributed by atoms with van der Waals surface area (Å²) in [6, 6.07) is 4.83. The maximum absolute atomic E-state index is 11.4. The molecule has 1 saturated heterocycles. The zero-order valence-electron chi connectivity index (χ0n) is 15.8. The molecule has 1 saturated carbocycles. The SMILES string of the molecule is CC(=O)N1CCC(NCCC2CCC(c3ncccc3C)CC2)CC1. The standard InChI is InChI=1S/C21H33N3O/c1-16-4-3-12-23-21(16)19-7-5-18(6-8-19)9-13-22-20-10-14-24(15-11-20)17(2)25/h3-4,12,18-20,22H,5-11,13-15H2,1-2H3. The summed E-state index contributed by atoms with van der Waals surface area (Å²) in [7, 11) is 0. The Morgan fingerprint density at radius 1 is 1.20 bits per heavy atom. The molecule has 1 aliphatic carbocycles. The van der Waals surface area contributed by atoms with E-state index in [0.717, 1.165) is 38.4 Å². The van der Waals surface area contributed by atoms with Crippen molar-refractivity contribution in [2.45, 2.75) is 70.8 Å². The Morgan fingerprint density at radius 3 is 2.56 bits per heavy atom. The number of nitrogens with one attached hydrogen (secondary N) is 1. The predicted molar refractivity (Wildman–Crippen MR) is 102 cm³/mol. The number of carbonyl (C=O) groups is 1. The van der Waals surface area contributed by atoms with Crippen molar-refractivity contribution in [2.75, 3.05) is 19.6 Å². The Hall–Kier alpha value is -1.42. The average Bonchev–Trinajstić information content (AvgIpc) is 2.63. The summed E-state index contributed by atoms with van der Waals surface area (Å²) in [6.45, 7) is 6.83. The van der Waals surface area contributed by atoms with Crippen LogP contribution in [0, 0.1) is 12.8 Å². The van der Waals surface area contributed by atoms with Crippen LogP contribution in [-0.4, -0.2) is 41.5 Å². The third-order valence-electron chi connectivity index (χ3n) is 6.21. The first-order valence-electron chi connectivity index (χ1n) is 10.0. The minimum absolute atomic E-state index is 0.221. The predicted octanol–water partition coefficient (Wildman–Crippen LogP) is 3.65. The van der Waals surface area contributed by atoms with Crippen molar-refractivity contribution in [3.63, 3.8) is 0 Å². The number of nitrogens with zero attached hydrogens (tertiary/aromatic N) is 2. The molecule has 0 aromatic carbocycles. The van der Waals surface area contributed by atoms with Crippen LogP contribution >= 0.6 is 0 Å². The molecule has 1 aliphatic heterocycles. The highest BCUT2D eigenvalue weighted by atomic mass is 16.2. The summed E-state index contributed by atoms with van der Waals surface area (Å²) in [5.41, 5.74) is 2.68. The van der Waals surface area contributed by atoms with Crippen LogP contribution in [0.25, 0.3) is 0 Å². The van der Waals surface area contributed by atoms with E-state index in [1.807, 2.05) is 17.2 Å². The molecule has 2 heterocycles. The van der Waals surface area contributed by atoms with Gasteiger partial charge < -0.3 is 10.2 Å². The number of rotatable bonds is 5. The van der Waals surface area contributed by atoms with Crippen molar-refractivity contribution in [1.82, 2.24) is 15.2 Å². The highest BCUT2D eigenvalue weighted by molar-refractivity contribution is 5.73. The number of hydrogen-bond acceptors (Lipinski definition) is 3. The summed E-state index contributed by atoms with van der Waals surface area (Å²) in [6.07, 6.45) is 10.7. The van der Waals surface area contributed by atoms with Crippen molar-refractivity contribution in [3.05, 3.63) is 29.6 Å². The molecule has 0 spiro atoms. The lowest BCUT2D eigenvalue weighted by atomic mass is 9.78. The van der Waals surface area contributed by atoms with E-state index in [1.54, 1.807) is 6.92 Å². The van der Waals surface area contributed by atoms with Gasteiger partial charge in [0.25, 0.3) is 0 Å². The monoisotopic (exact) mass is 343 g/mol. The van der Waals surface area contributed by atoms with Crippen molar-refractivity contribution >= 4 is 5.91 Å². The highest BCUT2D eigenvalue weighted by Gasteiger charge is 2.25. The highest BCUT2D eigenvalue weighted by Crippen LogP contribution is 2.37. The fraction of sp³-hybridized carbons (Fsp3) is 0.714. The molecule has 2 fully saturated rings. The zero-order valence-corrected chi connectivity index (χ0v) is 15.8. The quantitative estimate of drug-likeness (QED) is 0.887. The fourth-order valence-electron chi connectivity index (χ4n) is 4.54. The normalized spacial score (nSPS) is 25.1. The van der Waals surface area contributed by atoms with Crippen LogP contribution in [0.15, 0.2) is 18.3 Å². The molecule has 0 unspecified atom stereocenters. The van der Waals surface area contributed by atoms with Crippen LogP contribution in [0.3, 0.4) is 0 Å². The van der Waals surface area contributed by atoms with E-state index in [1.165, 1.54) is 43.4 Å². The van der Waals surface area contributed by atoms with Gasteiger partial charge in [0.15, 0.2) is 0 Å². The number of amides is 1. The van der Waals surface area contributed by atoms with Gasteiger partial charge in [0.1, 0.15) is 0 Å². The van der Waals surface area contributed by atoms with Crippen LogP contribution in [0.2, 0.25) is 0 Å². The molecule has 25 heavy (non-hydrogen) atoms. The van der Waals surface area contributed by atoms with Crippen molar-refractivity contribution in [1.29, 1.82) is 0 Å². The van der Waals surface area contributed by atoms with Gasteiger partial charge in [0, 0.05) is 43.9 Å². The summed E-state index contributed by atoms with van der Waals surface area (Å²) in [5, 5.41) is 3.73. The lowest BCUT2D eigenvalue weighted by molar-refractivity contribution is -0.129. The smallest absolute Gasteiger partial charge is 0.219 e. The molecule has 138 valence electrons. The van der Waals surface area contributed by atoms with Crippen LogP contribution in [0.5, 0.6) is 0 Å². The number of hydrogen-bond donors (Lipinski definition) is 1. The van der Waals surface area contributed by atoms with Crippen molar-refractivity contribution < 1.29 is 4.79 Å². The van der Waals surface area contributed by atoms with Crippen LogP contribution in [-0.2, 0) is 4.79 Å². The third-order valence-corrected chi connectivity index (χ3v) is 6.21. The van der Waals surface area contributed by atoms with Gasteiger partial charge in [-0.2, -0.15) is 0 Å². The largest absolute Gasteiger partial charge is 0.343 e. The number of aryl methyl sites for hydroxylation is 1. The Kier molecular flexibility index (Phi) is 6.46. The van der Waals surface area contributed by atoms with Crippen molar-refractivity contribution in [3.8, 4) is 0 Å². The molecule has 2 aliphatic rings. The Morgan fingerprint density at radius 2 is 1.92 bits per heavy atom. The minimum atomic E-state index is 0.221. The van der Waals surface area contributed by atoms with Gasteiger partial charge in [-0.25, -0.2) is 0 Å². The van der Waals surface area contributed by atoms with E-state index >= 15 is 0 Å². The lowest BCUT2D eigenvalue weighted by Gasteiger charge is -2.33. The van der Waals surface area contributed by atoms with Gasteiger partial charge in [-0.3, -0.25) is 9.78 Å². The summed E-state index contributed by atoms with van der Waals surface area (Å²) < 4.78 is 0. The Bertz CT molecular complexity index is 558. The Balaban J connectivity index is 1.33. The lowest BCUT2D eigenvalue weighted by Crippen LogP contribution is -2.44. The average molecular weight is 344 g/mol. The molecule has 1 amide bonds. The third kappa shape index (κ3) is 5.04. The van der Waals surface area contributed by atoms with E-state index in [2.05, 4.69) is 23.3 Å². The first kappa shape index (κ1) is 18.4. The molecular formula is C21H33N3O. The van der Waals surface area contributed by atoms with Gasteiger partial charge in [0.2, 0.25) is 5.91 Å². The van der Waals surface area contributed by atoms with E-state index in [4.69, 9.17) is 0 Å². The Labute approximate surface area is 152 Å². The van der Waals surface area contributed by atoms with E-state index in [-0.39, 0.29) is 5.91 Å². The molecule has 1 aromatic heterocycles. The summed E-state index contributed by atoms with van der Waals surface area (Å²) in [4.78, 5) is 18.0. The van der Waals surface area contributed by atoms with E-state index in [9.17, 15) is 4.79 Å². The topological polar surface area (TPSA) is 45.2 Å². The minimum Gasteiger partial charge on any atom is -0.343 e. The maximum atomic E-state index is 11.4. The zero-order chi connectivity index (χ0) is 17.6. The van der Waals surface area contributed by atoms with Gasteiger partial charge >= 0.3 is 0 Å². The second kappa shape index (κ2) is 8.79. The van der Waals surface area contributed by atoms with Gasteiger partial charge in [-0.1, -0.05) is 6.07 Å². The van der Waals surface area contributed by atoms with E-state index in [0.29, 0.717) is 12.0 Å². The van der Waals surface area contributed by atoms with E-state index < -0.39 is 0 Å². The first-order valence-corrected chi connectivity index (χ1v) is 10.0. The summed E-state index contributed by atoms with van der Waals surface area (Å²) in [5.74, 6) is 1.75. The number of aromatic nitrogens is 1. The molecular weight excluding hydrogens is 310 g/mol. The molecule has 0 bridgehead atoms. The molecule has 4 nitrogen and oxygen atoms in total. The molecule has 1 N–H and O–H groups in total. The fourth-order valence-corrected chi connectivity index (χ4v) is 4.54. The second-order valence-corrected chi connectivity index (χ2v) is 7.95. The van der Waals surface area contributed by atoms with Crippen LogP contribution in [0.4, 0.5) is 0 Å². The van der Waals surface area contributed by atoms with Crippen LogP contribution < -0.4 is 5.32 Å². The number of piperidine rings is 1. The second-order valence-electron chi connectivity index (χ2n) is 7.95.